The molecule has 3 heterocycles. The number of anilines is 1. The number of aromatic amines is 1. The molecule has 2 aliphatic rings. The molecule has 0 atom stereocenters. The van der Waals surface area contributed by atoms with Crippen molar-refractivity contribution in [1.29, 1.82) is 0 Å². The zero-order chi connectivity index (χ0) is 20.0. The number of likely N-dealkylation sites (tertiary alicyclic amines) is 1. The summed E-state index contributed by atoms with van der Waals surface area (Å²) in [5.41, 5.74) is 4.40. The van der Waals surface area contributed by atoms with E-state index < -0.39 is 5.41 Å². The van der Waals surface area contributed by atoms with Gasteiger partial charge >= 0.3 is 0 Å². The predicted octanol–water partition coefficient (Wildman–Crippen LogP) is 3.51. The number of aryl methyl sites for hydroxylation is 1. The van der Waals surface area contributed by atoms with Crippen LogP contribution >= 0.6 is 0 Å². The van der Waals surface area contributed by atoms with Gasteiger partial charge in [0.2, 0.25) is 5.91 Å². The Morgan fingerprint density at radius 1 is 1.03 bits per heavy atom. The lowest BCUT2D eigenvalue weighted by Crippen LogP contribution is -2.48. The summed E-state index contributed by atoms with van der Waals surface area (Å²) in [6.07, 6.45) is 1.25. The van der Waals surface area contributed by atoms with E-state index in [4.69, 9.17) is 0 Å². The Kier molecular flexibility index (Phi) is 4.01. The highest BCUT2D eigenvalue weighted by Crippen LogP contribution is 2.45. The van der Waals surface area contributed by atoms with Crippen molar-refractivity contribution in [2.45, 2.75) is 25.2 Å². The van der Waals surface area contributed by atoms with Gasteiger partial charge in [0.05, 0.1) is 11.0 Å². The quantitative estimate of drug-likeness (QED) is 0.707. The minimum atomic E-state index is -0.527. The van der Waals surface area contributed by atoms with Crippen molar-refractivity contribution in [2.75, 3.05) is 18.4 Å². The predicted molar refractivity (Wildman–Crippen MR) is 111 cm³/mol. The molecule has 6 nitrogen and oxygen atoms in total. The molecule has 1 fully saturated rings. The fourth-order valence-electron chi connectivity index (χ4n) is 4.62. The molecule has 0 saturated carbocycles. The number of H-pyrrole nitrogens is 1. The van der Waals surface area contributed by atoms with Crippen LogP contribution in [0.15, 0.2) is 54.6 Å². The molecule has 146 valence electrons. The van der Waals surface area contributed by atoms with Crippen LogP contribution in [0.3, 0.4) is 0 Å². The van der Waals surface area contributed by atoms with Crippen LogP contribution in [-0.4, -0.2) is 40.0 Å². The van der Waals surface area contributed by atoms with E-state index in [0.717, 1.165) is 22.5 Å². The summed E-state index contributed by atoms with van der Waals surface area (Å²) < 4.78 is 0. The number of aromatic nitrogens is 2. The van der Waals surface area contributed by atoms with Crippen molar-refractivity contribution in [3.63, 3.8) is 0 Å². The number of hydrogen-bond donors (Lipinski definition) is 2. The number of piperidine rings is 1. The SMILES string of the molecule is Cc1[nH]nc(-c2ccccc2)c1C(=O)N1CCC2(CC1)C(=O)Nc1ccccc12. The van der Waals surface area contributed by atoms with Gasteiger partial charge < -0.3 is 10.2 Å². The summed E-state index contributed by atoms with van der Waals surface area (Å²) in [7, 11) is 0. The van der Waals surface area contributed by atoms with E-state index in [-0.39, 0.29) is 11.8 Å². The molecule has 3 aromatic rings. The van der Waals surface area contributed by atoms with Crippen molar-refractivity contribution in [1.82, 2.24) is 15.1 Å². The van der Waals surface area contributed by atoms with Crippen LogP contribution in [0.2, 0.25) is 0 Å². The molecule has 1 spiro atoms. The topological polar surface area (TPSA) is 78.1 Å². The highest BCUT2D eigenvalue weighted by Gasteiger charge is 2.49. The smallest absolute Gasteiger partial charge is 0.257 e. The molecule has 2 N–H and O–H groups in total. The summed E-state index contributed by atoms with van der Waals surface area (Å²) in [6, 6.07) is 17.6. The number of carbonyl (C=O) groups excluding carboxylic acids is 2. The first-order chi connectivity index (χ1) is 14.1. The van der Waals surface area contributed by atoms with Crippen molar-refractivity contribution < 1.29 is 9.59 Å². The molecular weight excluding hydrogens is 364 g/mol. The van der Waals surface area contributed by atoms with E-state index in [9.17, 15) is 9.59 Å². The van der Waals surface area contributed by atoms with Crippen molar-refractivity contribution in [3.05, 3.63) is 71.4 Å². The summed E-state index contributed by atoms with van der Waals surface area (Å²) >= 11 is 0. The molecule has 0 unspecified atom stereocenters. The molecule has 2 aliphatic heterocycles. The van der Waals surface area contributed by atoms with Crippen LogP contribution in [0.25, 0.3) is 11.3 Å². The first-order valence-electron chi connectivity index (χ1n) is 9.91. The number of para-hydroxylation sites is 1. The van der Waals surface area contributed by atoms with E-state index in [1.54, 1.807) is 0 Å². The molecule has 1 saturated heterocycles. The molecule has 0 aliphatic carbocycles. The number of nitrogens with one attached hydrogen (secondary N) is 2. The normalized spacial score (nSPS) is 17.3. The van der Waals surface area contributed by atoms with Crippen LogP contribution in [0.5, 0.6) is 0 Å². The first-order valence-corrected chi connectivity index (χ1v) is 9.91. The Labute approximate surface area is 168 Å². The Bertz CT molecular complexity index is 1100. The number of rotatable bonds is 2. The van der Waals surface area contributed by atoms with Gasteiger partial charge in [0, 0.05) is 30.0 Å². The van der Waals surface area contributed by atoms with Crippen molar-refractivity contribution in [3.8, 4) is 11.3 Å². The zero-order valence-corrected chi connectivity index (χ0v) is 16.2. The molecule has 29 heavy (non-hydrogen) atoms. The van der Waals surface area contributed by atoms with Crippen LogP contribution in [0, 0.1) is 6.92 Å². The van der Waals surface area contributed by atoms with Gasteiger partial charge in [0.1, 0.15) is 5.69 Å². The standard InChI is InChI=1S/C23H22N4O2/c1-15-19(20(26-25-15)16-7-3-2-4-8-16)21(28)27-13-11-23(12-14-27)17-9-5-6-10-18(17)24-22(23)29/h2-10H,11-14H2,1H3,(H,24,29)(H,25,26). The second-order valence-corrected chi connectivity index (χ2v) is 7.81. The third-order valence-electron chi connectivity index (χ3n) is 6.24. The van der Waals surface area contributed by atoms with E-state index in [0.29, 0.717) is 37.2 Å². The van der Waals surface area contributed by atoms with E-state index in [1.807, 2.05) is 66.4 Å². The van der Waals surface area contributed by atoms with Crippen LogP contribution < -0.4 is 5.32 Å². The molecular formula is C23H22N4O2. The molecule has 2 amide bonds. The van der Waals surface area contributed by atoms with Gasteiger partial charge in [-0.1, -0.05) is 48.5 Å². The van der Waals surface area contributed by atoms with Crippen molar-refractivity contribution >= 4 is 17.5 Å². The van der Waals surface area contributed by atoms with Gasteiger partial charge in [-0.05, 0) is 31.4 Å². The third kappa shape index (κ3) is 2.67. The van der Waals surface area contributed by atoms with Gasteiger partial charge in [0.25, 0.3) is 5.91 Å². The monoisotopic (exact) mass is 386 g/mol. The number of benzene rings is 2. The maximum Gasteiger partial charge on any atom is 0.257 e. The second kappa shape index (κ2) is 6.58. The average molecular weight is 386 g/mol. The summed E-state index contributed by atoms with van der Waals surface area (Å²) in [6.45, 7) is 2.96. The minimum absolute atomic E-state index is 0.0309. The first kappa shape index (κ1) is 17.7. The van der Waals surface area contributed by atoms with Crippen LogP contribution in [-0.2, 0) is 10.2 Å². The molecule has 0 bridgehead atoms. The van der Waals surface area contributed by atoms with Crippen LogP contribution in [0.4, 0.5) is 5.69 Å². The number of amides is 2. The largest absolute Gasteiger partial charge is 0.338 e. The fraction of sp³-hybridized carbons (Fsp3) is 0.261. The second-order valence-electron chi connectivity index (χ2n) is 7.81. The lowest BCUT2D eigenvalue weighted by atomic mass is 9.73. The molecule has 1 aromatic heterocycles. The Morgan fingerprint density at radius 2 is 1.72 bits per heavy atom. The van der Waals surface area contributed by atoms with Crippen molar-refractivity contribution in [2.24, 2.45) is 0 Å². The minimum Gasteiger partial charge on any atom is -0.338 e. The lowest BCUT2D eigenvalue weighted by Gasteiger charge is -2.38. The molecule has 0 radical (unpaired) electrons. The summed E-state index contributed by atoms with van der Waals surface area (Å²) in [4.78, 5) is 28.0. The Balaban J connectivity index is 1.41. The Hall–Kier alpha value is -3.41. The average Bonchev–Trinajstić information content (AvgIpc) is 3.27. The molecule has 6 heteroatoms. The number of nitrogens with zero attached hydrogens (tertiary/aromatic N) is 2. The maximum absolute atomic E-state index is 13.4. The van der Waals surface area contributed by atoms with Gasteiger partial charge in [-0.2, -0.15) is 5.10 Å². The summed E-state index contributed by atoms with van der Waals surface area (Å²) in [5, 5.41) is 10.4. The molecule has 2 aromatic carbocycles. The highest BCUT2D eigenvalue weighted by atomic mass is 16.2. The van der Waals surface area contributed by atoms with E-state index >= 15 is 0 Å². The lowest BCUT2D eigenvalue weighted by molar-refractivity contribution is -0.122. The van der Waals surface area contributed by atoms with Gasteiger partial charge in [-0.25, -0.2) is 0 Å². The molecule has 5 rings (SSSR count). The van der Waals surface area contributed by atoms with E-state index in [2.05, 4.69) is 15.5 Å². The zero-order valence-electron chi connectivity index (χ0n) is 16.2. The van der Waals surface area contributed by atoms with Gasteiger partial charge in [-0.3, -0.25) is 14.7 Å². The Morgan fingerprint density at radius 3 is 2.48 bits per heavy atom. The summed E-state index contributed by atoms with van der Waals surface area (Å²) in [5.74, 6) is 0.0203. The van der Waals surface area contributed by atoms with Gasteiger partial charge in [-0.15, -0.1) is 0 Å². The van der Waals surface area contributed by atoms with Gasteiger partial charge in [0.15, 0.2) is 0 Å². The number of hydrogen-bond acceptors (Lipinski definition) is 3. The van der Waals surface area contributed by atoms with Crippen LogP contribution in [0.1, 0.15) is 34.5 Å². The number of carbonyl (C=O) groups is 2. The third-order valence-corrected chi connectivity index (χ3v) is 6.24. The highest BCUT2D eigenvalue weighted by molar-refractivity contribution is 6.07. The maximum atomic E-state index is 13.4. The van der Waals surface area contributed by atoms with E-state index in [1.165, 1.54) is 0 Å². The fourth-order valence-corrected chi connectivity index (χ4v) is 4.62. The number of fused-ring (bicyclic) bond motifs is 2.